The molecule has 0 bridgehead atoms. The number of halogens is 1. The molecule has 0 spiro atoms. The maximum atomic E-state index is 13.7. The van der Waals surface area contributed by atoms with Crippen molar-refractivity contribution in [1.29, 1.82) is 0 Å². The Bertz CT molecular complexity index is 814. The highest BCUT2D eigenvalue weighted by Crippen LogP contribution is 2.21. The molecule has 0 amide bonds. The third-order valence-corrected chi connectivity index (χ3v) is 4.19. The van der Waals surface area contributed by atoms with E-state index in [4.69, 9.17) is 0 Å². The van der Waals surface area contributed by atoms with Crippen molar-refractivity contribution in [2.45, 2.75) is 17.8 Å². The van der Waals surface area contributed by atoms with Crippen molar-refractivity contribution in [2.24, 2.45) is 5.10 Å². The highest BCUT2D eigenvalue weighted by molar-refractivity contribution is 7.98. The van der Waals surface area contributed by atoms with Crippen LogP contribution in [0.4, 0.5) is 4.39 Å². The van der Waals surface area contributed by atoms with E-state index in [1.54, 1.807) is 34.6 Å². The lowest BCUT2D eigenvalue weighted by atomic mass is 10.2. The predicted molar refractivity (Wildman–Crippen MR) is 90.2 cm³/mol. The van der Waals surface area contributed by atoms with E-state index < -0.39 is 0 Å². The molecule has 0 saturated heterocycles. The zero-order valence-electron chi connectivity index (χ0n) is 12.6. The molecular weight excluding hydrogens is 311 g/mol. The van der Waals surface area contributed by atoms with Gasteiger partial charge in [-0.05, 0) is 18.6 Å². The number of hydrogen-bond donors (Lipinski definition) is 0. The largest absolute Gasteiger partial charge is 0.212 e. The van der Waals surface area contributed by atoms with Crippen LogP contribution in [0.5, 0.6) is 0 Å². The van der Waals surface area contributed by atoms with Crippen molar-refractivity contribution in [3.63, 3.8) is 0 Å². The van der Waals surface area contributed by atoms with Crippen molar-refractivity contribution >= 4 is 18.0 Å². The smallest absolute Gasteiger partial charge is 0.206 e. The summed E-state index contributed by atoms with van der Waals surface area (Å²) in [5.74, 6) is 1.13. The van der Waals surface area contributed by atoms with Crippen LogP contribution in [0.2, 0.25) is 0 Å². The Morgan fingerprint density at radius 1 is 1.09 bits per heavy atom. The summed E-state index contributed by atoms with van der Waals surface area (Å²) < 4.78 is 15.3. The lowest BCUT2D eigenvalue weighted by molar-refractivity contribution is 0.625. The second kappa shape index (κ2) is 7.19. The molecule has 1 heterocycles. The minimum absolute atomic E-state index is 0.305. The van der Waals surface area contributed by atoms with Crippen molar-refractivity contribution in [3.8, 4) is 0 Å². The fraction of sp³-hybridized carbons (Fsp3) is 0.118. The van der Waals surface area contributed by atoms with E-state index in [1.165, 1.54) is 17.8 Å². The summed E-state index contributed by atoms with van der Waals surface area (Å²) in [5, 5.41) is 13.2. The Morgan fingerprint density at radius 2 is 1.83 bits per heavy atom. The topological polar surface area (TPSA) is 43.1 Å². The SMILES string of the molecule is Cc1nnc(SCc2ccccc2)n1/N=C\c1ccccc1F. The van der Waals surface area contributed by atoms with Gasteiger partial charge in [0.2, 0.25) is 5.16 Å². The van der Waals surface area contributed by atoms with Crippen LogP contribution in [0, 0.1) is 12.7 Å². The zero-order chi connectivity index (χ0) is 16.1. The van der Waals surface area contributed by atoms with Crippen LogP contribution >= 0.6 is 11.8 Å². The van der Waals surface area contributed by atoms with Crippen molar-refractivity contribution in [3.05, 3.63) is 77.4 Å². The van der Waals surface area contributed by atoms with Gasteiger partial charge in [0.15, 0.2) is 5.82 Å². The molecule has 2 aromatic carbocycles. The Morgan fingerprint density at radius 3 is 2.61 bits per heavy atom. The van der Waals surface area contributed by atoms with Crippen LogP contribution < -0.4 is 0 Å². The van der Waals surface area contributed by atoms with Crippen molar-refractivity contribution < 1.29 is 4.39 Å². The molecule has 0 N–H and O–H groups in total. The van der Waals surface area contributed by atoms with Crippen LogP contribution in [0.1, 0.15) is 17.0 Å². The molecule has 0 aliphatic rings. The van der Waals surface area contributed by atoms with Crippen LogP contribution in [-0.2, 0) is 5.75 Å². The second-order valence-electron chi connectivity index (χ2n) is 4.88. The van der Waals surface area contributed by atoms with Crippen molar-refractivity contribution in [2.75, 3.05) is 0 Å². The van der Waals surface area contributed by atoms with Gasteiger partial charge in [-0.1, -0.05) is 60.3 Å². The van der Waals surface area contributed by atoms with Gasteiger partial charge in [0, 0.05) is 11.3 Å². The van der Waals surface area contributed by atoms with Gasteiger partial charge in [0.1, 0.15) is 5.82 Å². The Balaban J connectivity index is 1.78. The third-order valence-electron chi connectivity index (χ3n) is 3.20. The molecule has 3 rings (SSSR count). The van der Waals surface area contributed by atoms with Crippen LogP contribution in [0.3, 0.4) is 0 Å². The monoisotopic (exact) mass is 326 g/mol. The number of rotatable bonds is 5. The first kappa shape index (κ1) is 15.4. The molecule has 1 aromatic heterocycles. The molecular formula is C17H15FN4S. The molecule has 0 radical (unpaired) electrons. The number of aryl methyl sites for hydroxylation is 1. The Kier molecular flexibility index (Phi) is 4.83. The number of benzene rings is 2. The van der Waals surface area contributed by atoms with E-state index in [1.807, 2.05) is 25.1 Å². The highest BCUT2D eigenvalue weighted by atomic mass is 32.2. The summed E-state index contributed by atoms with van der Waals surface area (Å²) in [6, 6.07) is 16.6. The number of nitrogens with zero attached hydrogens (tertiary/aromatic N) is 4. The highest BCUT2D eigenvalue weighted by Gasteiger charge is 2.09. The summed E-state index contributed by atoms with van der Waals surface area (Å²) in [6.45, 7) is 1.82. The number of thioether (sulfide) groups is 1. The molecule has 0 aliphatic carbocycles. The molecule has 116 valence electrons. The molecule has 0 atom stereocenters. The van der Waals surface area contributed by atoms with Crippen molar-refractivity contribution in [1.82, 2.24) is 14.9 Å². The first-order chi connectivity index (χ1) is 11.2. The van der Waals surface area contributed by atoms with Gasteiger partial charge in [0.05, 0.1) is 6.21 Å². The van der Waals surface area contributed by atoms with Crippen LogP contribution in [0.15, 0.2) is 64.9 Å². The standard InChI is InChI=1S/C17H15FN4S/c1-13-20-21-17(23-12-14-7-3-2-4-8-14)22(13)19-11-15-9-5-6-10-16(15)18/h2-11H,12H2,1H3/b19-11-. The first-order valence-electron chi connectivity index (χ1n) is 7.11. The fourth-order valence-corrected chi connectivity index (χ4v) is 2.87. The van der Waals surface area contributed by atoms with E-state index in [-0.39, 0.29) is 5.82 Å². The molecule has 4 nitrogen and oxygen atoms in total. The van der Waals surface area contributed by atoms with Gasteiger partial charge in [-0.25, -0.2) is 4.39 Å². The first-order valence-corrected chi connectivity index (χ1v) is 8.10. The Labute approximate surface area is 138 Å². The number of hydrogen-bond acceptors (Lipinski definition) is 4. The molecule has 23 heavy (non-hydrogen) atoms. The zero-order valence-corrected chi connectivity index (χ0v) is 13.4. The van der Waals surface area contributed by atoms with E-state index >= 15 is 0 Å². The summed E-state index contributed by atoms with van der Waals surface area (Å²) in [6.07, 6.45) is 1.48. The lowest BCUT2D eigenvalue weighted by Crippen LogP contribution is -1.97. The van der Waals surface area contributed by atoms with Gasteiger partial charge in [0.25, 0.3) is 0 Å². The quantitative estimate of drug-likeness (QED) is 0.527. The van der Waals surface area contributed by atoms with E-state index in [0.29, 0.717) is 16.5 Å². The molecule has 0 fully saturated rings. The van der Waals surface area contributed by atoms with Crippen LogP contribution in [0.25, 0.3) is 0 Å². The van der Waals surface area contributed by atoms with E-state index in [2.05, 4.69) is 27.4 Å². The van der Waals surface area contributed by atoms with Gasteiger partial charge in [-0.15, -0.1) is 10.2 Å². The third kappa shape index (κ3) is 3.84. The van der Waals surface area contributed by atoms with E-state index in [0.717, 1.165) is 5.75 Å². The van der Waals surface area contributed by atoms with Gasteiger partial charge < -0.3 is 0 Å². The molecule has 0 unspecified atom stereocenters. The predicted octanol–water partition coefficient (Wildman–Crippen LogP) is 3.90. The second-order valence-corrected chi connectivity index (χ2v) is 5.82. The number of aromatic nitrogens is 3. The average Bonchev–Trinajstić information content (AvgIpc) is 2.93. The maximum absolute atomic E-state index is 13.7. The minimum Gasteiger partial charge on any atom is -0.206 e. The fourth-order valence-electron chi connectivity index (χ4n) is 1.98. The summed E-state index contributed by atoms with van der Waals surface area (Å²) >= 11 is 1.54. The molecule has 0 aliphatic heterocycles. The van der Waals surface area contributed by atoms with Gasteiger partial charge in [-0.3, -0.25) is 0 Å². The van der Waals surface area contributed by atoms with Gasteiger partial charge in [-0.2, -0.15) is 9.78 Å². The maximum Gasteiger partial charge on any atom is 0.212 e. The lowest BCUT2D eigenvalue weighted by Gasteiger charge is -2.02. The normalized spacial score (nSPS) is 11.2. The summed E-state index contributed by atoms with van der Waals surface area (Å²) in [7, 11) is 0. The average molecular weight is 326 g/mol. The summed E-state index contributed by atoms with van der Waals surface area (Å²) in [4.78, 5) is 0. The summed E-state index contributed by atoms with van der Waals surface area (Å²) in [5.41, 5.74) is 1.63. The van der Waals surface area contributed by atoms with Gasteiger partial charge >= 0.3 is 0 Å². The van der Waals surface area contributed by atoms with Crippen LogP contribution in [-0.4, -0.2) is 21.1 Å². The molecule has 6 heteroatoms. The minimum atomic E-state index is -0.305. The molecule has 3 aromatic rings. The Hall–Kier alpha value is -2.47. The molecule has 0 saturated carbocycles. The van der Waals surface area contributed by atoms with E-state index in [9.17, 15) is 4.39 Å².